The SMILES string of the molecule is CCc1cc(C(=O)OC)c(NC(=O)CSc2nnc(-c3ccco3)n2CC)s1. The first-order valence-corrected chi connectivity index (χ1v) is 10.5. The second-order valence-electron chi connectivity index (χ2n) is 5.67. The summed E-state index contributed by atoms with van der Waals surface area (Å²) in [6.45, 7) is 4.60. The van der Waals surface area contributed by atoms with Gasteiger partial charge in [-0.1, -0.05) is 18.7 Å². The van der Waals surface area contributed by atoms with Crippen molar-refractivity contribution in [3.05, 3.63) is 34.9 Å². The Morgan fingerprint density at radius 3 is 2.82 bits per heavy atom. The number of methoxy groups -OCH3 is 1. The molecule has 3 heterocycles. The van der Waals surface area contributed by atoms with Crippen molar-refractivity contribution >= 4 is 40.0 Å². The van der Waals surface area contributed by atoms with Crippen LogP contribution in [-0.2, 0) is 22.5 Å². The normalized spacial score (nSPS) is 10.8. The summed E-state index contributed by atoms with van der Waals surface area (Å²) in [6, 6.07) is 5.35. The molecule has 0 saturated carbocycles. The molecule has 3 aromatic heterocycles. The molecule has 8 nitrogen and oxygen atoms in total. The maximum atomic E-state index is 12.4. The highest BCUT2D eigenvalue weighted by molar-refractivity contribution is 7.99. The van der Waals surface area contributed by atoms with Crippen molar-refractivity contribution in [3.63, 3.8) is 0 Å². The van der Waals surface area contributed by atoms with Gasteiger partial charge in [0.25, 0.3) is 0 Å². The standard InChI is InChI=1S/C18H20N4O4S2/c1-4-11-9-12(17(24)25-3)16(28-11)19-14(23)10-27-18-21-20-15(22(18)5-2)13-7-6-8-26-13/h6-9H,4-5,10H2,1-3H3,(H,19,23). The molecule has 3 aromatic rings. The number of carbonyl (C=O) groups is 2. The largest absolute Gasteiger partial charge is 0.465 e. The molecular formula is C18H20N4O4S2. The van der Waals surface area contributed by atoms with Crippen LogP contribution in [0.4, 0.5) is 5.00 Å². The van der Waals surface area contributed by atoms with Gasteiger partial charge in [0.05, 0.1) is 24.7 Å². The predicted molar refractivity (Wildman–Crippen MR) is 108 cm³/mol. The second kappa shape index (κ2) is 9.07. The van der Waals surface area contributed by atoms with E-state index in [4.69, 9.17) is 9.15 Å². The number of furan rings is 1. The smallest absolute Gasteiger partial charge is 0.340 e. The average Bonchev–Trinajstić information content (AvgIpc) is 3.44. The molecule has 1 N–H and O–H groups in total. The molecule has 0 aromatic carbocycles. The molecule has 28 heavy (non-hydrogen) atoms. The van der Waals surface area contributed by atoms with Crippen LogP contribution in [0.3, 0.4) is 0 Å². The van der Waals surface area contributed by atoms with Crippen LogP contribution in [0.2, 0.25) is 0 Å². The summed E-state index contributed by atoms with van der Waals surface area (Å²) < 4.78 is 12.1. The first-order valence-electron chi connectivity index (χ1n) is 8.68. The zero-order valence-electron chi connectivity index (χ0n) is 15.7. The van der Waals surface area contributed by atoms with Crippen LogP contribution in [0.5, 0.6) is 0 Å². The minimum atomic E-state index is -0.465. The number of thioether (sulfide) groups is 1. The summed E-state index contributed by atoms with van der Waals surface area (Å²) in [6.07, 6.45) is 2.35. The third-order valence-electron chi connectivity index (χ3n) is 3.90. The van der Waals surface area contributed by atoms with Gasteiger partial charge < -0.3 is 14.5 Å². The summed E-state index contributed by atoms with van der Waals surface area (Å²) in [4.78, 5) is 25.3. The van der Waals surface area contributed by atoms with Crippen LogP contribution in [0.25, 0.3) is 11.6 Å². The molecule has 0 saturated heterocycles. The van der Waals surface area contributed by atoms with Gasteiger partial charge in [0.1, 0.15) is 5.00 Å². The van der Waals surface area contributed by atoms with Gasteiger partial charge >= 0.3 is 5.97 Å². The Labute approximate surface area is 170 Å². The van der Waals surface area contributed by atoms with E-state index in [9.17, 15) is 9.59 Å². The van der Waals surface area contributed by atoms with Crippen molar-refractivity contribution in [2.24, 2.45) is 0 Å². The van der Waals surface area contributed by atoms with E-state index in [0.717, 1.165) is 11.3 Å². The molecule has 0 fully saturated rings. The van der Waals surface area contributed by atoms with Crippen molar-refractivity contribution in [1.82, 2.24) is 14.8 Å². The molecule has 0 aliphatic rings. The molecule has 0 aliphatic carbocycles. The number of nitrogens with zero attached hydrogens (tertiary/aromatic N) is 3. The number of hydrogen-bond acceptors (Lipinski definition) is 8. The summed E-state index contributed by atoms with van der Waals surface area (Å²) in [7, 11) is 1.32. The van der Waals surface area contributed by atoms with Crippen molar-refractivity contribution in [2.45, 2.75) is 32.0 Å². The van der Waals surface area contributed by atoms with E-state index in [1.54, 1.807) is 18.4 Å². The Balaban J connectivity index is 1.69. The highest BCUT2D eigenvalue weighted by atomic mass is 32.2. The Hall–Kier alpha value is -2.59. The topological polar surface area (TPSA) is 99.2 Å². The number of thiophene rings is 1. The number of hydrogen-bond donors (Lipinski definition) is 1. The number of nitrogens with one attached hydrogen (secondary N) is 1. The van der Waals surface area contributed by atoms with Crippen molar-refractivity contribution in [3.8, 4) is 11.6 Å². The van der Waals surface area contributed by atoms with Crippen LogP contribution in [0.15, 0.2) is 34.0 Å². The van der Waals surface area contributed by atoms with E-state index >= 15 is 0 Å². The molecule has 0 spiro atoms. The Morgan fingerprint density at radius 1 is 1.36 bits per heavy atom. The lowest BCUT2D eigenvalue weighted by atomic mass is 10.2. The van der Waals surface area contributed by atoms with Gasteiger partial charge in [-0.15, -0.1) is 21.5 Å². The predicted octanol–water partition coefficient (Wildman–Crippen LogP) is 3.70. The Bertz CT molecular complexity index is 963. The van der Waals surface area contributed by atoms with Gasteiger partial charge in [-0.2, -0.15) is 0 Å². The van der Waals surface area contributed by atoms with E-state index < -0.39 is 5.97 Å². The molecule has 0 bridgehead atoms. The number of esters is 1. The van der Waals surface area contributed by atoms with E-state index in [1.807, 2.05) is 24.5 Å². The highest BCUT2D eigenvalue weighted by Crippen LogP contribution is 2.30. The fourth-order valence-electron chi connectivity index (χ4n) is 2.53. The monoisotopic (exact) mass is 420 g/mol. The Morgan fingerprint density at radius 2 is 2.18 bits per heavy atom. The van der Waals surface area contributed by atoms with E-state index in [1.165, 1.54) is 30.2 Å². The summed E-state index contributed by atoms with van der Waals surface area (Å²) in [5.41, 5.74) is 0.375. The lowest BCUT2D eigenvalue weighted by molar-refractivity contribution is -0.113. The lowest BCUT2D eigenvalue weighted by Crippen LogP contribution is -2.16. The fraction of sp³-hybridized carbons (Fsp3) is 0.333. The summed E-state index contributed by atoms with van der Waals surface area (Å²) in [5.74, 6) is 0.682. The van der Waals surface area contributed by atoms with Crippen LogP contribution >= 0.6 is 23.1 Å². The molecule has 0 radical (unpaired) electrons. The minimum absolute atomic E-state index is 0.135. The number of ether oxygens (including phenoxy) is 1. The maximum absolute atomic E-state index is 12.4. The second-order valence-corrected chi connectivity index (χ2v) is 7.74. The molecule has 148 valence electrons. The number of anilines is 1. The molecule has 0 aliphatic heterocycles. The molecule has 0 atom stereocenters. The number of carbonyl (C=O) groups excluding carboxylic acids is 2. The average molecular weight is 421 g/mol. The van der Waals surface area contributed by atoms with Crippen LogP contribution in [0.1, 0.15) is 29.1 Å². The summed E-state index contributed by atoms with van der Waals surface area (Å²) >= 11 is 2.65. The van der Waals surface area contributed by atoms with Gasteiger partial charge in [0, 0.05) is 11.4 Å². The maximum Gasteiger partial charge on any atom is 0.340 e. The first-order chi connectivity index (χ1) is 13.6. The van der Waals surface area contributed by atoms with Gasteiger partial charge in [-0.05, 0) is 31.5 Å². The van der Waals surface area contributed by atoms with E-state index in [2.05, 4.69) is 15.5 Å². The van der Waals surface area contributed by atoms with E-state index in [-0.39, 0.29) is 11.7 Å². The molecule has 1 amide bonds. The Kier molecular flexibility index (Phi) is 6.53. The number of rotatable bonds is 8. The van der Waals surface area contributed by atoms with Gasteiger partial charge in [-0.3, -0.25) is 9.36 Å². The van der Waals surface area contributed by atoms with Crippen molar-refractivity contribution < 1.29 is 18.7 Å². The first kappa shape index (κ1) is 20.2. The zero-order valence-corrected chi connectivity index (χ0v) is 17.4. The fourth-order valence-corrected chi connectivity index (χ4v) is 4.33. The highest BCUT2D eigenvalue weighted by Gasteiger charge is 2.20. The van der Waals surface area contributed by atoms with Crippen LogP contribution in [-0.4, -0.2) is 39.5 Å². The third-order valence-corrected chi connectivity index (χ3v) is 6.06. The molecule has 0 unspecified atom stereocenters. The minimum Gasteiger partial charge on any atom is -0.465 e. The van der Waals surface area contributed by atoms with Gasteiger partial charge in [-0.25, -0.2) is 4.79 Å². The van der Waals surface area contributed by atoms with Gasteiger partial charge in [0.2, 0.25) is 5.91 Å². The third kappa shape index (κ3) is 4.28. The van der Waals surface area contributed by atoms with Gasteiger partial charge in [0.15, 0.2) is 16.7 Å². The molecule has 10 heteroatoms. The zero-order chi connectivity index (χ0) is 20.1. The number of aryl methyl sites for hydroxylation is 1. The van der Waals surface area contributed by atoms with Crippen molar-refractivity contribution in [1.29, 1.82) is 0 Å². The van der Waals surface area contributed by atoms with E-state index in [0.29, 0.717) is 33.9 Å². The number of aromatic nitrogens is 3. The summed E-state index contributed by atoms with van der Waals surface area (Å²) in [5, 5.41) is 12.3. The molecule has 3 rings (SSSR count). The van der Waals surface area contributed by atoms with Crippen LogP contribution in [0, 0.1) is 0 Å². The number of amides is 1. The quantitative estimate of drug-likeness (QED) is 0.438. The van der Waals surface area contributed by atoms with Crippen LogP contribution < -0.4 is 5.32 Å². The molecular weight excluding hydrogens is 400 g/mol. The lowest BCUT2D eigenvalue weighted by Gasteiger charge is -2.07. The van der Waals surface area contributed by atoms with Crippen molar-refractivity contribution in [2.75, 3.05) is 18.2 Å².